The van der Waals surface area contributed by atoms with Crippen LogP contribution in [0.25, 0.3) is 0 Å². The van der Waals surface area contributed by atoms with Gasteiger partial charge in [-0.3, -0.25) is 0 Å². The van der Waals surface area contributed by atoms with Crippen LogP contribution in [-0.2, 0) is 0 Å². The normalized spacial score (nSPS) is 9.83. The highest BCUT2D eigenvalue weighted by molar-refractivity contribution is 7.80. The first kappa shape index (κ1) is 12.3. The SMILES string of the molecule is O=C(Nc1ccc(O)cc1)Nc1ccccc1S. The highest BCUT2D eigenvalue weighted by Crippen LogP contribution is 2.19. The number of urea groups is 1. The molecule has 0 saturated carbocycles. The zero-order valence-electron chi connectivity index (χ0n) is 9.42. The van der Waals surface area contributed by atoms with Crippen LogP contribution in [0.2, 0.25) is 0 Å². The first-order chi connectivity index (χ1) is 8.65. The molecule has 0 aliphatic heterocycles. The Labute approximate surface area is 110 Å². The smallest absolute Gasteiger partial charge is 0.323 e. The Morgan fingerprint density at radius 3 is 2.33 bits per heavy atom. The predicted molar refractivity (Wildman–Crippen MR) is 74.4 cm³/mol. The van der Waals surface area contributed by atoms with Crippen molar-refractivity contribution in [2.24, 2.45) is 0 Å². The molecule has 2 rings (SSSR count). The lowest BCUT2D eigenvalue weighted by Gasteiger charge is -2.09. The third-order valence-electron chi connectivity index (χ3n) is 2.28. The van der Waals surface area contributed by atoms with Gasteiger partial charge in [0.1, 0.15) is 5.75 Å². The minimum absolute atomic E-state index is 0.154. The maximum Gasteiger partial charge on any atom is 0.323 e. The van der Waals surface area contributed by atoms with Crippen LogP contribution in [0.3, 0.4) is 0 Å². The molecule has 0 radical (unpaired) electrons. The molecule has 0 aliphatic carbocycles. The molecule has 0 atom stereocenters. The maximum absolute atomic E-state index is 11.7. The summed E-state index contributed by atoms with van der Waals surface area (Å²) in [5.41, 5.74) is 1.24. The van der Waals surface area contributed by atoms with Crippen molar-refractivity contribution < 1.29 is 9.90 Å². The van der Waals surface area contributed by atoms with Crippen LogP contribution in [0.15, 0.2) is 53.4 Å². The Morgan fingerprint density at radius 2 is 1.67 bits per heavy atom. The maximum atomic E-state index is 11.7. The average molecular weight is 260 g/mol. The van der Waals surface area contributed by atoms with Crippen LogP contribution in [-0.4, -0.2) is 11.1 Å². The first-order valence-electron chi connectivity index (χ1n) is 5.30. The van der Waals surface area contributed by atoms with Gasteiger partial charge in [-0.25, -0.2) is 4.79 Å². The molecule has 18 heavy (non-hydrogen) atoms. The molecule has 92 valence electrons. The number of thiol groups is 1. The second-order valence-electron chi connectivity index (χ2n) is 3.64. The Morgan fingerprint density at radius 1 is 1.00 bits per heavy atom. The first-order valence-corrected chi connectivity index (χ1v) is 5.75. The van der Waals surface area contributed by atoms with Crippen LogP contribution in [0.5, 0.6) is 5.75 Å². The largest absolute Gasteiger partial charge is 0.508 e. The van der Waals surface area contributed by atoms with E-state index in [4.69, 9.17) is 5.11 Å². The van der Waals surface area contributed by atoms with Gasteiger partial charge in [0.2, 0.25) is 0 Å². The van der Waals surface area contributed by atoms with E-state index in [9.17, 15) is 4.79 Å². The van der Waals surface area contributed by atoms with Crippen LogP contribution in [0.4, 0.5) is 16.2 Å². The molecular formula is C13H12N2O2S. The van der Waals surface area contributed by atoms with E-state index in [0.717, 1.165) is 0 Å². The molecule has 0 saturated heterocycles. The number of phenolic OH excluding ortho intramolecular Hbond substituents is 1. The summed E-state index contributed by atoms with van der Waals surface area (Å²) >= 11 is 4.24. The number of hydrogen-bond donors (Lipinski definition) is 4. The zero-order chi connectivity index (χ0) is 13.0. The van der Waals surface area contributed by atoms with Crippen molar-refractivity contribution in [3.8, 4) is 5.75 Å². The molecule has 0 bridgehead atoms. The van der Waals surface area contributed by atoms with Crippen molar-refractivity contribution in [2.75, 3.05) is 10.6 Å². The van der Waals surface area contributed by atoms with E-state index in [0.29, 0.717) is 16.3 Å². The van der Waals surface area contributed by atoms with Gasteiger partial charge >= 0.3 is 6.03 Å². The minimum Gasteiger partial charge on any atom is -0.508 e. The Kier molecular flexibility index (Phi) is 3.74. The van der Waals surface area contributed by atoms with E-state index in [1.807, 2.05) is 12.1 Å². The van der Waals surface area contributed by atoms with Crippen molar-refractivity contribution in [3.63, 3.8) is 0 Å². The molecule has 2 aromatic rings. The fourth-order valence-electron chi connectivity index (χ4n) is 1.41. The molecule has 5 heteroatoms. The third-order valence-corrected chi connectivity index (χ3v) is 2.67. The number of carbonyl (C=O) groups excluding carboxylic acids is 1. The highest BCUT2D eigenvalue weighted by Gasteiger charge is 2.04. The van der Waals surface area contributed by atoms with Crippen molar-refractivity contribution in [1.29, 1.82) is 0 Å². The number of benzene rings is 2. The van der Waals surface area contributed by atoms with Gasteiger partial charge in [0, 0.05) is 10.6 Å². The Hall–Kier alpha value is -2.14. The zero-order valence-corrected chi connectivity index (χ0v) is 10.3. The van der Waals surface area contributed by atoms with Crippen molar-refractivity contribution in [2.45, 2.75) is 4.90 Å². The van der Waals surface area contributed by atoms with Gasteiger partial charge < -0.3 is 15.7 Å². The van der Waals surface area contributed by atoms with Gasteiger partial charge in [-0.2, -0.15) is 0 Å². The fourth-order valence-corrected chi connectivity index (χ4v) is 1.63. The van der Waals surface area contributed by atoms with Gasteiger partial charge in [-0.15, -0.1) is 12.6 Å². The number of carbonyl (C=O) groups is 1. The molecule has 2 amide bonds. The summed E-state index contributed by atoms with van der Waals surface area (Å²) < 4.78 is 0. The summed E-state index contributed by atoms with van der Waals surface area (Å²) in [5, 5.41) is 14.5. The van der Waals surface area contributed by atoms with Crippen LogP contribution >= 0.6 is 12.6 Å². The minimum atomic E-state index is -0.359. The van der Waals surface area contributed by atoms with Crippen molar-refractivity contribution in [3.05, 3.63) is 48.5 Å². The summed E-state index contributed by atoms with van der Waals surface area (Å²) in [5.74, 6) is 0.154. The quantitative estimate of drug-likeness (QED) is 0.494. The van der Waals surface area contributed by atoms with Crippen LogP contribution in [0, 0.1) is 0 Å². The molecule has 3 N–H and O–H groups in total. The monoisotopic (exact) mass is 260 g/mol. The van der Waals surface area contributed by atoms with E-state index in [2.05, 4.69) is 23.3 Å². The number of anilines is 2. The third kappa shape index (κ3) is 3.18. The Bertz CT molecular complexity index is 555. The number of phenols is 1. The summed E-state index contributed by atoms with van der Waals surface area (Å²) in [6.45, 7) is 0. The van der Waals surface area contributed by atoms with Gasteiger partial charge in [-0.1, -0.05) is 12.1 Å². The number of rotatable bonds is 2. The summed E-state index contributed by atoms with van der Waals surface area (Å²) in [6.07, 6.45) is 0. The Balaban J connectivity index is 2.01. The lowest BCUT2D eigenvalue weighted by molar-refractivity contribution is 0.262. The van der Waals surface area contributed by atoms with Crippen molar-refractivity contribution >= 4 is 30.0 Å². The van der Waals surface area contributed by atoms with Gasteiger partial charge in [0.15, 0.2) is 0 Å². The van der Waals surface area contributed by atoms with Crippen molar-refractivity contribution in [1.82, 2.24) is 0 Å². The van der Waals surface area contributed by atoms with E-state index in [1.165, 1.54) is 12.1 Å². The molecule has 0 fully saturated rings. The number of hydrogen-bond acceptors (Lipinski definition) is 3. The lowest BCUT2D eigenvalue weighted by atomic mass is 10.3. The molecule has 0 aliphatic rings. The molecule has 0 spiro atoms. The topological polar surface area (TPSA) is 61.4 Å². The molecular weight excluding hydrogens is 248 g/mol. The van der Waals surface area contributed by atoms with E-state index >= 15 is 0 Å². The van der Waals surface area contributed by atoms with Gasteiger partial charge in [0.25, 0.3) is 0 Å². The number of nitrogens with one attached hydrogen (secondary N) is 2. The number of aromatic hydroxyl groups is 1. The average Bonchev–Trinajstić information content (AvgIpc) is 2.35. The standard InChI is InChI=1S/C13H12N2O2S/c16-10-7-5-9(6-8-10)14-13(17)15-11-3-1-2-4-12(11)18/h1-8,16,18H,(H2,14,15,17). The second kappa shape index (κ2) is 5.46. The van der Waals surface area contributed by atoms with Gasteiger partial charge in [0.05, 0.1) is 5.69 Å². The summed E-state index contributed by atoms with van der Waals surface area (Å²) in [6, 6.07) is 13.1. The summed E-state index contributed by atoms with van der Waals surface area (Å²) in [4.78, 5) is 12.4. The summed E-state index contributed by atoms with van der Waals surface area (Å²) in [7, 11) is 0. The van der Waals surface area contributed by atoms with E-state index < -0.39 is 0 Å². The molecule has 4 nitrogen and oxygen atoms in total. The fraction of sp³-hybridized carbons (Fsp3) is 0. The number of amides is 2. The molecule has 2 aromatic carbocycles. The molecule has 0 heterocycles. The lowest BCUT2D eigenvalue weighted by Crippen LogP contribution is -2.19. The van der Waals surface area contributed by atoms with Gasteiger partial charge in [-0.05, 0) is 36.4 Å². The molecule has 0 aromatic heterocycles. The predicted octanol–water partition coefficient (Wildman–Crippen LogP) is 3.32. The molecule has 0 unspecified atom stereocenters. The highest BCUT2D eigenvalue weighted by atomic mass is 32.1. The van der Waals surface area contributed by atoms with E-state index in [1.54, 1.807) is 24.3 Å². The van der Waals surface area contributed by atoms with Crippen LogP contribution in [0.1, 0.15) is 0 Å². The van der Waals surface area contributed by atoms with Crippen LogP contribution < -0.4 is 10.6 Å². The second-order valence-corrected chi connectivity index (χ2v) is 4.12. The van der Waals surface area contributed by atoms with E-state index in [-0.39, 0.29) is 11.8 Å². The number of para-hydroxylation sites is 1.